The van der Waals surface area contributed by atoms with E-state index in [9.17, 15) is 4.79 Å². The molecule has 0 bridgehead atoms. The summed E-state index contributed by atoms with van der Waals surface area (Å²) in [6, 6.07) is 11.1. The Morgan fingerprint density at radius 1 is 1.05 bits per heavy atom. The van der Waals surface area contributed by atoms with E-state index in [1.807, 2.05) is 34.9 Å². The van der Waals surface area contributed by atoms with Crippen LogP contribution in [0.5, 0.6) is 11.5 Å². The fourth-order valence-electron chi connectivity index (χ4n) is 2.55. The minimum absolute atomic E-state index is 0.463. The third-order valence-corrected chi connectivity index (χ3v) is 3.89. The predicted molar refractivity (Wildman–Crippen MR) is 86.3 cm³/mol. The Balaban J connectivity index is 2.31. The third-order valence-electron chi connectivity index (χ3n) is 3.59. The van der Waals surface area contributed by atoms with Gasteiger partial charge in [0.2, 0.25) is 0 Å². The summed E-state index contributed by atoms with van der Waals surface area (Å²) in [7, 11) is 3.12. The number of carbonyl (C=O) groups excluding carboxylic acids is 1. The standard InChI is InChI=1S/C17H14ClNO3/c1-21-16-9-17(22-2)14(18)8-13(16)12-7-11-5-3-4-6-19(11)15(12)10-20/h3-10H,1-2H3. The van der Waals surface area contributed by atoms with Gasteiger partial charge in [-0.1, -0.05) is 17.7 Å². The van der Waals surface area contributed by atoms with Crippen molar-refractivity contribution in [3.63, 3.8) is 0 Å². The molecular formula is C17H14ClNO3. The molecule has 5 heteroatoms. The number of hydrogen-bond acceptors (Lipinski definition) is 3. The van der Waals surface area contributed by atoms with Crippen LogP contribution in [0.3, 0.4) is 0 Å². The lowest BCUT2D eigenvalue weighted by molar-refractivity contribution is 0.111. The van der Waals surface area contributed by atoms with Crippen molar-refractivity contribution in [2.75, 3.05) is 14.2 Å². The zero-order chi connectivity index (χ0) is 15.7. The van der Waals surface area contributed by atoms with Crippen molar-refractivity contribution < 1.29 is 14.3 Å². The van der Waals surface area contributed by atoms with Crippen LogP contribution < -0.4 is 9.47 Å². The van der Waals surface area contributed by atoms with E-state index in [0.29, 0.717) is 22.2 Å². The highest BCUT2D eigenvalue weighted by Gasteiger charge is 2.17. The number of aldehydes is 1. The van der Waals surface area contributed by atoms with Gasteiger partial charge in [0.05, 0.1) is 24.9 Å². The highest BCUT2D eigenvalue weighted by atomic mass is 35.5. The number of methoxy groups -OCH3 is 2. The molecule has 3 rings (SSSR count). The normalized spacial score (nSPS) is 10.7. The molecule has 1 aromatic carbocycles. The molecule has 0 atom stereocenters. The van der Waals surface area contributed by atoms with Crippen LogP contribution in [-0.2, 0) is 0 Å². The second-order valence-corrected chi connectivity index (χ2v) is 5.15. The fourth-order valence-corrected chi connectivity index (χ4v) is 2.79. The van der Waals surface area contributed by atoms with E-state index in [1.165, 1.54) is 0 Å². The van der Waals surface area contributed by atoms with Crippen LogP contribution >= 0.6 is 11.6 Å². The molecule has 112 valence electrons. The number of ether oxygens (including phenoxy) is 2. The zero-order valence-electron chi connectivity index (χ0n) is 12.2. The van der Waals surface area contributed by atoms with Crippen LogP contribution in [0.1, 0.15) is 10.5 Å². The molecule has 4 nitrogen and oxygen atoms in total. The van der Waals surface area contributed by atoms with E-state index in [4.69, 9.17) is 21.1 Å². The van der Waals surface area contributed by atoms with Crippen molar-refractivity contribution in [3.8, 4) is 22.6 Å². The number of fused-ring (bicyclic) bond motifs is 1. The van der Waals surface area contributed by atoms with Crippen molar-refractivity contribution in [2.45, 2.75) is 0 Å². The summed E-state index contributed by atoms with van der Waals surface area (Å²) in [5, 5.41) is 0.463. The first-order valence-corrected chi connectivity index (χ1v) is 7.04. The number of nitrogens with zero attached hydrogens (tertiary/aromatic N) is 1. The Hall–Kier alpha value is -2.46. The number of aromatic nitrogens is 1. The molecule has 0 fully saturated rings. The Bertz CT molecular complexity index is 854. The van der Waals surface area contributed by atoms with Gasteiger partial charge in [-0.15, -0.1) is 0 Å². The number of halogens is 1. The number of hydrogen-bond donors (Lipinski definition) is 0. The first kappa shape index (κ1) is 14.5. The summed E-state index contributed by atoms with van der Waals surface area (Å²) in [5.41, 5.74) is 2.99. The molecule has 0 N–H and O–H groups in total. The average molecular weight is 316 g/mol. The summed E-state index contributed by atoms with van der Waals surface area (Å²) in [6.45, 7) is 0. The first-order valence-electron chi connectivity index (χ1n) is 6.66. The van der Waals surface area contributed by atoms with Crippen LogP contribution in [0.25, 0.3) is 16.6 Å². The predicted octanol–water partition coefficient (Wildman–Crippen LogP) is 4.09. The van der Waals surface area contributed by atoms with E-state index in [1.54, 1.807) is 26.4 Å². The SMILES string of the molecule is COc1cc(OC)c(-c2cc3ccccn3c2C=O)cc1Cl. The molecule has 0 unspecified atom stereocenters. The van der Waals surface area contributed by atoms with Crippen molar-refractivity contribution in [2.24, 2.45) is 0 Å². The molecule has 0 aliphatic carbocycles. The maximum Gasteiger partial charge on any atom is 0.167 e. The minimum atomic E-state index is 0.463. The molecule has 0 saturated heterocycles. The molecule has 2 aromatic heterocycles. The minimum Gasteiger partial charge on any atom is -0.496 e. The van der Waals surface area contributed by atoms with Crippen molar-refractivity contribution in [3.05, 3.63) is 53.3 Å². The Kier molecular flexibility index (Phi) is 3.77. The average Bonchev–Trinajstić information content (AvgIpc) is 2.92. The highest BCUT2D eigenvalue weighted by molar-refractivity contribution is 6.32. The molecule has 0 saturated carbocycles. The van der Waals surface area contributed by atoms with Gasteiger partial charge in [-0.25, -0.2) is 0 Å². The lowest BCUT2D eigenvalue weighted by Crippen LogP contribution is -1.95. The number of carbonyl (C=O) groups is 1. The maximum absolute atomic E-state index is 11.6. The number of benzene rings is 1. The monoisotopic (exact) mass is 315 g/mol. The van der Waals surface area contributed by atoms with Crippen LogP contribution in [-0.4, -0.2) is 24.9 Å². The summed E-state index contributed by atoms with van der Waals surface area (Å²) < 4.78 is 12.5. The van der Waals surface area contributed by atoms with Gasteiger partial charge in [0.1, 0.15) is 11.5 Å². The van der Waals surface area contributed by atoms with Crippen LogP contribution in [0, 0.1) is 0 Å². The van der Waals surface area contributed by atoms with E-state index < -0.39 is 0 Å². The summed E-state index contributed by atoms with van der Waals surface area (Å²) in [6.07, 6.45) is 2.68. The lowest BCUT2D eigenvalue weighted by atomic mass is 10.0. The van der Waals surface area contributed by atoms with Gasteiger partial charge in [0, 0.05) is 28.9 Å². The smallest absolute Gasteiger partial charge is 0.167 e. The molecule has 0 spiro atoms. The number of rotatable bonds is 4. The summed E-state index contributed by atoms with van der Waals surface area (Å²) in [4.78, 5) is 11.6. The van der Waals surface area contributed by atoms with Gasteiger partial charge < -0.3 is 13.9 Å². The third kappa shape index (κ3) is 2.22. The molecule has 0 aliphatic heterocycles. The van der Waals surface area contributed by atoms with Crippen molar-refractivity contribution >= 4 is 23.4 Å². The van der Waals surface area contributed by atoms with E-state index in [0.717, 1.165) is 22.9 Å². The Morgan fingerprint density at radius 2 is 1.82 bits per heavy atom. The van der Waals surface area contributed by atoms with Crippen molar-refractivity contribution in [1.29, 1.82) is 0 Å². The lowest BCUT2D eigenvalue weighted by Gasteiger charge is -2.11. The van der Waals surface area contributed by atoms with Crippen LogP contribution in [0.15, 0.2) is 42.6 Å². The molecule has 0 amide bonds. The first-order chi connectivity index (χ1) is 10.7. The summed E-state index contributed by atoms with van der Waals surface area (Å²) in [5.74, 6) is 1.12. The van der Waals surface area contributed by atoms with E-state index >= 15 is 0 Å². The number of pyridine rings is 1. The zero-order valence-corrected chi connectivity index (χ0v) is 12.9. The second kappa shape index (κ2) is 5.73. The molecular weight excluding hydrogens is 302 g/mol. The topological polar surface area (TPSA) is 39.9 Å². The molecule has 22 heavy (non-hydrogen) atoms. The van der Waals surface area contributed by atoms with E-state index in [2.05, 4.69) is 0 Å². The largest absolute Gasteiger partial charge is 0.496 e. The van der Waals surface area contributed by atoms with Gasteiger partial charge in [-0.2, -0.15) is 0 Å². The molecule has 0 radical (unpaired) electrons. The van der Waals surface area contributed by atoms with Crippen LogP contribution in [0.4, 0.5) is 0 Å². The molecule has 0 aliphatic rings. The Labute approximate surface area is 132 Å². The van der Waals surface area contributed by atoms with Crippen LogP contribution in [0.2, 0.25) is 5.02 Å². The van der Waals surface area contributed by atoms with Gasteiger partial charge in [-0.05, 0) is 24.3 Å². The molecule has 2 heterocycles. The van der Waals surface area contributed by atoms with Gasteiger partial charge >= 0.3 is 0 Å². The fraction of sp³-hybridized carbons (Fsp3) is 0.118. The van der Waals surface area contributed by atoms with Gasteiger partial charge in [0.15, 0.2) is 6.29 Å². The second-order valence-electron chi connectivity index (χ2n) is 4.74. The van der Waals surface area contributed by atoms with Gasteiger partial charge in [-0.3, -0.25) is 4.79 Å². The summed E-state index contributed by atoms with van der Waals surface area (Å²) >= 11 is 6.23. The Morgan fingerprint density at radius 3 is 2.50 bits per heavy atom. The quantitative estimate of drug-likeness (QED) is 0.681. The van der Waals surface area contributed by atoms with Crippen molar-refractivity contribution in [1.82, 2.24) is 4.40 Å². The maximum atomic E-state index is 11.6. The highest BCUT2D eigenvalue weighted by Crippen LogP contribution is 2.40. The van der Waals surface area contributed by atoms with E-state index in [-0.39, 0.29) is 0 Å². The van der Waals surface area contributed by atoms with Gasteiger partial charge in [0.25, 0.3) is 0 Å². The molecule has 3 aromatic rings.